The number of para-hydroxylation sites is 1. The number of pyridine rings is 1. The maximum absolute atomic E-state index is 14.5. The number of benzene rings is 3. The van der Waals surface area contributed by atoms with Crippen molar-refractivity contribution in [3.8, 4) is 22.6 Å². The Bertz CT molecular complexity index is 1670. The van der Waals surface area contributed by atoms with Crippen molar-refractivity contribution in [3.63, 3.8) is 0 Å². The monoisotopic (exact) mass is 473 g/mol. The van der Waals surface area contributed by atoms with E-state index in [0.29, 0.717) is 16.7 Å². The number of thiophene rings is 1. The van der Waals surface area contributed by atoms with Gasteiger partial charge in [0.2, 0.25) is 0 Å². The average Bonchev–Trinajstić information content (AvgIpc) is 3.38. The van der Waals surface area contributed by atoms with Crippen molar-refractivity contribution < 1.29 is 17.6 Å². The van der Waals surface area contributed by atoms with E-state index in [4.69, 9.17) is 4.42 Å². The predicted octanol–water partition coefficient (Wildman–Crippen LogP) is 9.17. The molecule has 6 heteroatoms. The summed E-state index contributed by atoms with van der Waals surface area (Å²) in [5.41, 5.74) is 3.70. The summed E-state index contributed by atoms with van der Waals surface area (Å²) >= 11 is 1.14. The Balaban J connectivity index is 1.67. The van der Waals surface area contributed by atoms with Crippen molar-refractivity contribution in [2.75, 3.05) is 0 Å². The summed E-state index contributed by atoms with van der Waals surface area (Å²) in [7, 11) is 0. The van der Waals surface area contributed by atoms with Crippen LogP contribution in [0.2, 0.25) is 0 Å². The quantitative estimate of drug-likeness (QED) is 0.251. The zero-order chi connectivity index (χ0) is 23.6. The second-order valence-electron chi connectivity index (χ2n) is 8.53. The van der Waals surface area contributed by atoms with Gasteiger partial charge in [0.1, 0.15) is 11.3 Å². The van der Waals surface area contributed by atoms with Crippen LogP contribution in [0.4, 0.5) is 13.2 Å². The summed E-state index contributed by atoms with van der Waals surface area (Å²) in [6.07, 6.45) is -2.88. The van der Waals surface area contributed by atoms with Crippen molar-refractivity contribution in [1.82, 2.24) is 4.98 Å². The standard InChI is InChI=1S/C28H18F3NOS/c1-15-11-16(2)13-18(12-15)25-27-20(9-10-32-25)19-7-8-21(24(26(19)34-27)28(29,30)31)23-14-17-5-3-4-6-22(17)33-23/h3-14H,1-2H3. The Morgan fingerprint density at radius 1 is 0.824 bits per heavy atom. The van der Waals surface area contributed by atoms with Crippen molar-refractivity contribution in [1.29, 1.82) is 0 Å². The number of rotatable bonds is 2. The lowest BCUT2D eigenvalue weighted by Gasteiger charge is -2.12. The highest BCUT2D eigenvalue weighted by atomic mass is 32.1. The molecule has 0 amide bonds. The number of hydrogen-bond donors (Lipinski definition) is 0. The van der Waals surface area contributed by atoms with Gasteiger partial charge in [-0.05, 0) is 50.2 Å². The molecule has 0 bridgehead atoms. The third-order valence-electron chi connectivity index (χ3n) is 6.03. The lowest BCUT2D eigenvalue weighted by molar-refractivity contribution is -0.135. The second kappa shape index (κ2) is 7.43. The van der Waals surface area contributed by atoms with Crippen LogP contribution in [0.25, 0.3) is 53.7 Å². The lowest BCUT2D eigenvalue weighted by atomic mass is 10.00. The van der Waals surface area contributed by atoms with Gasteiger partial charge in [-0.15, -0.1) is 11.3 Å². The summed E-state index contributed by atoms with van der Waals surface area (Å²) in [6, 6.07) is 20.1. The number of aryl methyl sites for hydroxylation is 2. The molecule has 2 nitrogen and oxygen atoms in total. The van der Waals surface area contributed by atoms with Gasteiger partial charge in [0.25, 0.3) is 0 Å². The third kappa shape index (κ3) is 3.29. The zero-order valence-electron chi connectivity index (χ0n) is 18.3. The fourth-order valence-electron chi connectivity index (χ4n) is 4.68. The van der Waals surface area contributed by atoms with E-state index < -0.39 is 11.7 Å². The summed E-state index contributed by atoms with van der Waals surface area (Å²) in [4.78, 5) is 4.57. The first kappa shape index (κ1) is 20.9. The molecule has 0 radical (unpaired) electrons. The van der Waals surface area contributed by atoms with E-state index in [-0.39, 0.29) is 16.0 Å². The maximum Gasteiger partial charge on any atom is 0.418 e. The van der Waals surface area contributed by atoms with Gasteiger partial charge in [-0.1, -0.05) is 41.5 Å². The van der Waals surface area contributed by atoms with Crippen molar-refractivity contribution in [2.24, 2.45) is 0 Å². The van der Waals surface area contributed by atoms with Crippen molar-refractivity contribution in [3.05, 3.63) is 89.6 Å². The van der Waals surface area contributed by atoms with E-state index in [1.807, 2.05) is 38.1 Å². The molecule has 0 aliphatic heterocycles. The minimum Gasteiger partial charge on any atom is -0.456 e. The molecule has 0 spiro atoms. The molecule has 0 saturated carbocycles. The second-order valence-corrected chi connectivity index (χ2v) is 9.55. The highest BCUT2D eigenvalue weighted by Crippen LogP contribution is 2.48. The van der Waals surface area contributed by atoms with Crippen molar-refractivity contribution in [2.45, 2.75) is 20.0 Å². The summed E-state index contributed by atoms with van der Waals surface area (Å²) < 4.78 is 50.3. The lowest BCUT2D eigenvalue weighted by Crippen LogP contribution is -2.07. The van der Waals surface area contributed by atoms with Gasteiger partial charge in [-0.2, -0.15) is 13.2 Å². The molecule has 34 heavy (non-hydrogen) atoms. The van der Waals surface area contributed by atoms with Crippen LogP contribution < -0.4 is 0 Å². The number of furan rings is 1. The van der Waals surface area contributed by atoms with Crippen LogP contribution in [-0.2, 0) is 6.18 Å². The Hall–Kier alpha value is -3.64. The third-order valence-corrected chi connectivity index (χ3v) is 7.27. The van der Waals surface area contributed by atoms with E-state index in [9.17, 15) is 13.2 Å². The minimum atomic E-state index is -4.55. The van der Waals surface area contributed by atoms with Crippen LogP contribution in [-0.4, -0.2) is 4.98 Å². The molecular formula is C28H18F3NOS. The Morgan fingerprint density at radius 2 is 1.56 bits per heavy atom. The molecule has 6 rings (SSSR count). The largest absolute Gasteiger partial charge is 0.456 e. The fraction of sp³-hybridized carbons (Fsp3) is 0.107. The SMILES string of the molecule is Cc1cc(C)cc(-c2nccc3c2sc2c(C(F)(F)F)c(-c4cc5ccccc5o4)ccc23)c1. The summed E-state index contributed by atoms with van der Waals surface area (Å²) in [6.45, 7) is 4.01. The smallest absolute Gasteiger partial charge is 0.418 e. The van der Waals surface area contributed by atoms with Crippen LogP contribution in [0.3, 0.4) is 0 Å². The Labute approximate surface area is 197 Å². The molecule has 3 aromatic heterocycles. The maximum atomic E-state index is 14.5. The number of aromatic nitrogens is 1. The Kier molecular flexibility index (Phi) is 4.58. The summed E-state index contributed by atoms with van der Waals surface area (Å²) in [5.74, 6) is 0.209. The molecule has 3 aromatic carbocycles. The topological polar surface area (TPSA) is 26.0 Å². The van der Waals surface area contributed by atoms with Crippen LogP contribution in [0.1, 0.15) is 16.7 Å². The summed E-state index contributed by atoms with van der Waals surface area (Å²) in [5, 5.41) is 2.11. The van der Waals surface area contributed by atoms with Gasteiger partial charge >= 0.3 is 6.18 Å². The van der Waals surface area contributed by atoms with Crippen LogP contribution in [0.5, 0.6) is 0 Å². The van der Waals surface area contributed by atoms with E-state index in [0.717, 1.165) is 43.5 Å². The molecule has 6 aromatic rings. The molecule has 0 N–H and O–H groups in total. The molecule has 0 aliphatic rings. The van der Waals surface area contributed by atoms with Crippen LogP contribution >= 0.6 is 11.3 Å². The highest BCUT2D eigenvalue weighted by Gasteiger charge is 2.38. The molecule has 0 saturated heterocycles. The minimum absolute atomic E-state index is 0.0451. The van der Waals surface area contributed by atoms with E-state index in [1.54, 1.807) is 36.5 Å². The normalized spacial score (nSPS) is 12.3. The van der Waals surface area contributed by atoms with Crippen LogP contribution in [0.15, 0.2) is 77.3 Å². The van der Waals surface area contributed by atoms with Gasteiger partial charge in [0.05, 0.1) is 16.0 Å². The molecule has 168 valence electrons. The first-order valence-corrected chi connectivity index (χ1v) is 11.6. The highest BCUT2D eigenvalue weighted by molar-refractivity contribution is 7.26. The number of fused-ring (bicyclic) bond motifs is 4. The molecule has 0 fully saturated rings. The van der Waals surface area contributed by atoms with E-state index >= 15 is 0 Å². The first-order valence-electron chi connectivity index (χ1n) is 10.8. The van der Waals surface area contributed by atoms with Gasteiger partial charge < -0.3 is 4.42 Å². The van der Waals surface area contributed by atoms with E-state index in [1.165, 1.54) is 6.07 Å². The molecule has 3 heterocycles. The van der Waals surface area contributed by atoms with Gasteiger partial charge in [0.15, 0.2) is 0 Å². The predicted molar refractivity (Wildman–Crippen MR) is 132 cm³/mol. The average molecular weight is 474 g/mol. The van der Waals surface area contributed by atoms with Gasteiger partial charge in [0, 0.05) is 38.2 Å². The zero-order valence-corrected chi connectivity index (χ0v) is 19.1. The number of nitrogens with zero attached hydrogens (tertiary/aromatic N) is 1. The molecule has 0 aliphatic carbocycles. The van der Waals surface area contributed by atoms with Crippen molar-refractivity contribution >= 4 is 42.5 Å². The van der Waals surface area contributed by atoms with E-state index in [2.05, 4.69) is 11.1 Å². The first-order chi connectivity index (χ1) is 16.3. The molecular weight excluding hydrogens is 455 g/mol. The fourth-order valence-corrected chi connectivity index (χ4v) is 6.06. The van der Waals surface area contributed by atoms with Crippen LogP contribution in [0, 0.1) is 13.8 Å². The number of alkyl halides is 3. The Morgan fingerprint density at radius 3 is 2.29 bits per heavy atom. The molecule has 0 unspecified atom stereocenters. The number of hydrogen-bond acceptors (Lipinski definition) is 3. The number of halogens is 3. The molecule has 0 atom stereocenters. The van der Waals surface area contributed by atoms with Gasteiger partial charge in [-0.3, -0.25) is 4.98 Å². The van der Waals surface area contributed by atoms with Gasteiger partial charge in [-0.25, -0.2) is 0 Å².